The van der Waals surface area contributed by atoms with Gasteiger partial charge >= 0.3 is 0 Å². The van der Waals surface area contributed by atoms with Gasteiger partial charge in [0.05, 0.1) is 0 Å². The van der Waals surface area contributed by atoms with Crippen LogP contribution in [0.25, 0.3) is 0 Å². The third-order valence-electron chi connectivity index (χ3n) is 1.77. The zero-order chi connectivity index (χ0) is 9.45. The highest BCUT2D eigenvalue weighted by Crippen LogP contribution is 2.07. The Morgan fingerprint density at radius 2 is 1.83 bits per heavy atom. The second-order valence-electron chi connectivity index (χ2n) is 4.06. The molecule has 0 aliphatic rings. The first kappa shape index (κ1) is 11.7. The summed E-state index contributed by atoms with van der Waals surface area (Å²) in [6.45, 7) is 6.11. The smallest absolute Gasteiger partial charge is 0.0302 e. The molecule has 0 aromatic rings. The lowest BCUT2D eigenvalue weighted by Crippen LogP contribution is -2.19. The van der Waals surface area contributed by atoms with Crippen LogP contribution in [0.5, 0.6) is 0 Å². The van der Waals surface area contributed by atoms with Gasteiger partial charge in [-0.05, 0) is 33.1 Å². The second kappa shape index (κ2) is 6.24. The van der Waals surface area contributed by atoms with E-state index in [2.05, 4.69) is 19.1 Å². The summed E-state index contributed by atoms with van der Waals surface area (Å²) in [5.41, 5.74) is 7.31. The molecule has 1 heteroatoms. The van der Waals surface area contributed by atoms with E-state index in [4.69, 9.17) is 5.73 Å². The molecule has 71 valence electrons. The molecule has 0 aromatic heterocycles. The number of rotatable bonds is 6. The van der Waals surface area contributed by atoms with Crippen LogP contribution in [0.15, 0.2) is 12.2 Å². The zero-order valence-corrected chi connectivity index (χ0v) is 8.69. The van der Waals surface area contributed by atoms with Crippen LogP contribution >= 0.6 is 0 Å². The van der Waals surface area contributed by atoms with Gasteiger partial charge in [0, 0.05) is 5.54 Å². The molecule has 1 radical (unpaired) electrons. The third kappa shape index (κ3) is 9.70. The lowest BCUT2D eigenvalue weighted by atomic mass is 10.0. The molecule has 0 saturated carbocycles. The van der Waals surface area contributed by atoms with Gasteiger partial charge in [-0.2, -0.15) is 0 Å². The molecule has 0 fully saturated rings. The highest BCUT2D eigenvalue weighted by molar-refractivity contribution is 4.89. The van der Waals surface area contributed by atoms with E-state index >= 15 is 0 Å². The average Bonchev–Trinajstić information content (AvgIpc) is 1.94. The number of unbranched alkanes of at least 4 members (excludes halogenated alkanes) is 3. The monoisotopic (exact) mass is 168 g/mol. The Balaban J connectivity index is 3.26. The van der Waals surface area contributed by atoms with E-state index in [9.17, 15) is 0 Å². The molecule has 0 bridgehead atoms. The molecule has 1 nitrogen and oxygen atoms in total. The van der Waals surface area contributed by atoms with Gasteiger partial charge in [0.1, 0.15) is 0 Å². The first-order valence-electron chi connectivity index (χ1n) is 4.96. The van der Waals surface area contributed by atoms with E-state index < -0.39 is 0 Å². The van der Waals surface area contributed by atoms with Gasteiger partial charge < -0.3 is 0 Å². The van der Waals surface area contributed by atoms with Crippen molar-refractivity contribution in [2.75, 3.05) is 0 Å². The van der Waals surface area contributed by atoms with Gasteiger partial charge in [-0.1, -0.05) is 31.9 Å². The minimum atomic E-state index is -0.290. The fourth-order valence-corrected chi connectivity index (χ4v) is 1.01. The molecule has 12 heavy (non-hydrogen) atoms. The quantitative estimate of drug-likeness (QED) is 0.427. The maximum atomic E-state index is 7.60. The Hall–Kier alpha value is -0.300. The molecule has 0 aliphatic heterocycles. The average molecular weight is 168 g/mol. The van der Waals surface area contributed by atoms with Crippen molar-refractivity contribution in [3.05, 3.63) is 12.2 Å². The topological polar surface area (TPSA) is 23.8 Å². The summed E-state index contributed by atoms with van der Waals surface area (Å²) in [6, 6.07) is 0. The Morgan fingerprint density at radius 1 is 1.17 bits per heavy atom. The van der Waals surface area contributed by atoms with Crippen LogP contribution in [0.1, 0.15) is 52.9 Å². The van der Waals surface area contributed by atoms with Gasteiger partial charge in [-0.3, -0.25) is 5.73 Å². The molecule has 0 heterocycles. The van der Waals surface area contributed by atoms with Gasteiger partial charge in [-0.25, -0.2) is 0 Å². The summed E-state index contributed by atoms with van der Waals surface area (Å²) in [5.74, 6) is 0. The standard InChI is InChI=1S/C11H22N/c1-4-5-6-7-8-9-10-11(2,3)12/h8-9,12H,4-7,10H2,1-3H3/b9-8+. The van der Waals surface area contributed by atoms with Crippen molar-refractivity contribution < 1.29 is 0 Å². The SMILES string of the molecule is CCCCC/C=C/CC(C)(C)[NH]. The fourth-order valence-electron chi connectivity index (χ4n) is 1.01. The zero-order valence-electron chi connectivity index (χ0n) is 8.69. The number of hydrogen-bond acceptors (Lipinski definition) is 0. The highest BCUT2D eigenvalue weighted by atomic mass is 14.7. The molecule has 0 rings (SSSR count). The predicted octanol–water partition coefficient (Wildman–Crippen LogP) is 3.57. The third-order valence-corrected chi connectivity index (χ3v) is 1.77. The van der Waals surface area contributed by atoms with Crippen molar-refractivity contribution in [1.82, 2.24) is 5.73 Å². The Bertz CT molecular complexity index is 119. The summed E-state index contributed by atoms with van der Waals surface area (Å²) in [4.78, 5) is 0. The fraction of sp³-hybridized carbons (Fsp3) is 0.818. The van der Waals surface area contributed by atoms with Crippen LogP contribution in [0.3, 0.4) is 0 Å². The molecular weight excluding hydrogens is 146 g/mol. The van der Waals surface area contributed by atoms with Crippen LogP contribution in [-0.2, 0) is 0 Å². The molecule has 0 aliphatic carbocycles. The maximum Gasteiger partial charge on any atom is 0.0302 e. The lowest BCUT2D eigenvalue weighted by molar-refractivity contribution is 0.507. The van der Waals surface area contributed by atoms with Gasteiger partial charge in [0.15, 0.2) is 0 Å². The summed E-state index contributed by atoms with van der Waals surface area (Å²) in [6.07, 6.45) is 10.3. The molecule has 0 unspecified atom stereocenters. The highest BCUT2D eigenvalue weighted by Gasteiger charge is 2.07. The second-order valence-corrected chi connectivity index (χ2v) is 4.06. The van der Waals surface area contributed by atoms with Gasteiger partial charge in [0.25, 0.3) is 0 Å². The predicted molar refractivity (Wildman–Crippen MR) is 55.1 cm³/mol. The van der Waals surface area contributed by atoms with E-state index in [-0.39, 0.29) is 5.54 Å². The molecule has 0 aromatic carbocycles. The van der Waals surface area contributed by atoms with Crippen LogP contribution in [0.2, 0.25) is 0 Å². The minimum absolute atomic E-state index is 0.290. The van der Waals surface area contributed by atoms with Crippen LogP contribution in [0, 0.1) is 0 Å². The summed E-state index contributed by atoms with van der Waals surface area (Å²) >= 11 is 0. The normalized spacial score (nSPS) is 12.7. The van der Waals surface area contributed by atoms with E-state index in [0.717, 1.165) is 6.42 Å². The van der Waals surface area contributed by atoms with Crippen molar-refractivity contribution in [1.29, 1.82) is 0 Å². The molecule has 0 atom stereocenters. The van der Waals surface area contributed by atoms with Crippen molar-refractivity contribution >= 4 is 0 Å². The van der Waals surface area contributed by atoms with Crippen LogP contribution in [0.4, 0.5) is 0 Å². The van der Waals surface area contributed by atoms with Gasteiger partial charge in [0.2, 0.25) is 0 Å². The molecule has 0 saturated heterocycles. The maximum absolute atomic E-state index is 7.60. The Morgan fingerprint density at radius 3 is 2.33 bits per heavy atom. The van der Waals surface area contributed by atoms with E-state index in [1.807, 2.05) is 13.8 Å². The van der Waals surface area contributed by atoms with Crippen molar-refractivity contribution in [3.8, 4) is 0 Å². The summed E-state index contributed by atoms with van der Waals surface area (Å²) in [5, 5.41) is 0. The van der Waals surface area contributed by atoms with Crippen LogP contribution in [-0.4, -0.2) is 5.54 Å². The summed E-state index contributed by atoms with van der Waals surface area (Å²) in [7, 11) is 0. The van der Waals surface area contributed by atoms with Crippen LogP contribution < -0.4 is 5.73 Å². The first-order valence-corrected chi connectivity index (χ1v) is 4.96. The lowest BCUT2D eigenvalue weighted by Gasteiger charge is -2.13. The minimum Gasteiger partial charge on any atom is -0.251 e. The number of allylic oxidation sites excluding steroid dienone is 1. The summed E-state index contributed by atoms with van der Waals surface area (Å²) < 4.78 is 0. The van der Waals surface area contributed by atoms with Crippen molar-refractivity contribution in [3.63, 3.8) is 0 Å². The first-order chi connectivity index (χ1) is 5.56. The largest absolute Gasteiger partial charge is 0.251 e. The molecule has 1 N–H and O–H groups in total. The van der Waals surface area contributed by atoms with E-state index in [0.29, 0.717) is 0 Å². The Labute approximate surface area is 77.0 Å². The molecule has 0 spiro atoms. The number of hydrogen-bond donors (Lipinski definition) is 0. The van der Waals surface area contributed by atoms with Crippen molar-refractivity contribution in [2.24, 2.45) is 0 Å². The number of nitrogens with one attached hydrogen (secondary N) is 1. The molecule has 0 amide bonds. The molecular formula is C11H22N. The van der Waals surface area contributed by atoms with E-state index in [1.165, 1.54) is 25.7 Å². The van der Waals surface area contributed by atoms with Gasteiger partial charge in [-0.15, -0.1) is 0 Å². The van der Waals surface area contributed by atoms with E-state index in [1.54, 1.807) is 0 Å². The van der Waals surface area contributed by atoms with Crippen molar-refractivity contribution in [2.45, 2.75) is 58.4 Å². The Kier molecular flexibility index (Phi) is 6.09.